The Labute approximate surface area is 117 Å². The van der Waals surface area contributed by atoms with Crippen LogP contribution in [0.25, 0.3) is 6.08 Å². The van der Waals surface area contributed by atoms with Crippen molar-refractivity contribution >= 4 is 17.7 Å². The summed E-state index contributed by atoms with van der Waals surface area (Å²) in [6, 6.07) is 6.01. The molecule has 0 saturated heterocycles. The lowest BCUT2D eigenvalue weighted by Gasteiger charge is -2.15. The summed E-state index contributed by atoms with van der Waals surface area (Å²) in [6.45, 7) is 1.73. The Balaban J connectivity index is 2.17. The largest absolute Gasteiger partial charge is 0.309 e. The summed E-state index contributed by atoms with van der Waals surface area (Å²) in [5.41, 5.74) is 2.09. The van der Waals surface area contributed by atoms with Crippen molar-refractivity contribution in [2.75, 3.05) is 11.9 Å². The number of carbonyl (C=O) groups is 1. The zero-order valence-electron chi connectivity index (χ0n) is 11.7. The van der Waals surface area contributed by atoms with E-state index in [-0.39, 0.29) is 11.7 Å². The van der Waals surface area contributed by atoms with E-state index in [4.69, 9.17) is 0 Å². The highest BCUT2D eigenvalue weighted by atomic mass is 19.1. The quantitative estimate of drug-likeness (QED) is 0.806. The molecule has 0 atom stereocenters. The number of aromatic nitrogens is 2. The standard InChI is InChI=1S/C15H16FN3O/c1-11(8-12-4-6-13(16)7-5-12)15(20)19(3)14-9-17-18(2)10-14/h4-10H,1-3H3/b11-8+. The number of anilines is 1. The molecule has 0 spiro atoms. The summed E-state index contributed by atoms with van der Waals surface area (Å²) in [5.74, 6) is -0.416. The van der Waals surface area contributed by atoms with Crippen molar-refractivity contribution in [1.29, 1.82) is 0 Å². The number of benzene rings is 1. The zero-order chi connectivity index (χ0) is 14.7. The molecule has 0 N–H and O–H groups in total. The Morgan fingerprint density at radius 1 is 1.35 bits per heavy atom. The maximum absolute atomic E-state index is 12.8. The molecule has 0 unspecified atom stereocenters. The molecule has 0 aliphatic carbocycles. The van der Waals surface area contributed by atoms with Crippen LogP contribution < -0.4 is 4.90 Å². The molecule has 1 aromatic heterocycles. The van der Waals surface area contributed by atoms with Crippen molar-refractivity contribution in [3.8, 4) is 0 Å². The van der Waals surface area contributed by atoms with Crippen LogP contribution in [-0.2, 0) is 11.8 Å². The molecule has 0 aliphatic rings. The van der Waals surface area contributed by atoms with Crippen LogP contribution in [0.1, 0.15) is 12.5 Å². The fourth-order valence-corrected chi connectivity index (χ4v) is 1.83. The summed E-state index contributed by atoms with van der Waals surface area (Å²) >= 11 is 0. The predicted molar refractivity (Wildman–Crippen MR) is 76.7 cm³/mol. The summed E-state index contributed by atoms with van der Waals surface area (Å²) < 4.78 is 14.5. The number of likely N-dealkylation sites (N-methyl/N-ethyl adjacent to an activating group) is 1. The average molecular weight is 273 g/mol. The van der Waals surface area contributed by atoms with Crippen molar-refractivity contribution in [3.63, 3.8) is 0 Å². The highest BCUT2D eigenvalue weighted by Gasteiger charge is 2.14. The van der Waals surface area contributed by atoms with Crippen LogP contribution in [0, 0.1) is 5.82 Å². The number of hydrogen-bond donors (Lipinski definition) is 0. The van der Waals surface area contributed by atoms with Gasteiger partial charge in [-0.2, -0.15) is 5.10 Å². The van der Waals surface area contributed by atoms with Gasteiger partial charge in [-0.3, -0.25) is 9.48 Å². The first kappa shape index (κ1) is 14.0. The molecule has 0 bridgehead atoms. The maximum atomic E-state index is 12.8. The lowest BCUT2D eigenvalue weighted by atomic mass is 10.1. The first-order valence-corrected chi connectivity index (χ1v) is 6.18. The van der Waals surface area contributed by atoms with Gasteiger partial charge in [-0.15, -0.1) is 0 Å². The fourth-order valence-electron chi connectivity index (χ4n) is 1.83. The van der Waals surface area contributed by atoms with Crippen molar-refractivity contribution in [3.05, 3.63) is 53.6 Å². The Kier molecular flexibility index (Phi) is 3.98. The summed E-state index contributed by atoms with van der Waals surface area (Å²) in [6.07, 6.45) is 5.13. The third-order valence-electron chi connectivity index (χ3n) is 2.97. The highest BCUT2D eigenvalue weighted by molar-refractivity contribution is 6.07. The van der Waals surface area contributed by atoms with Crippen LogP contribution in [0.3, 0.4) is 0 Å². The van der Waals surface area contributed by atoms with Crippen LogP contribution in [0.5, 0.6) is 0 Å². The van der Waals surface area contributed by atoms with Gasteiger partial charge in [0, 0.05) is 25.9 Å². The van der Waals surface area contributed by atoms with Gasteiger partial charge >= 0.3 is 0 Å². The minimum absolute atomic E-state index is 0.123. The van der Waals surface area contributed by atoms with E-state index in [1.807, 2.05) is 0 Å². The topological polar surface area (TPSA) is 38.1 Å². The molecule has 1 heterocycles. The van der Waals surface area contributed by atoms with Gasteiger partial charge < -0.3 is 4.90 Å². The van der Waals surface area contributed by atoms with E-state index >= 15 is 0 Å². The number of hydrogen-bond acceptors (Lipinski definition) is 2. The molecule has 1 amide bonds. The lowest BCUT2D eigenvalue weighted by Crippen LogP contribution is -2.26. The molecule has 0 fully saturated rings. The van der Waals surface area contributed by atoms with Crippen LogP contribution in [-0.4, -0.2) is 22.7 Å². The molecule has 20 heavy (non-hydrogen) atoms. The Hall–Kier alpha value is -2.43. The Morgan fingerprint density at radius 2 is 2.00 bits per heavy atom. The van der Waals surface area contributed by atoms with Gasteiger partial charge in [-0.25, -0.2) is 4.39 Å². The Morgan fingerprint density at radius 3 is 2.55 bits per heavy atom. The second kappa shape index (κ2) is 5.69. The number of aryl methyl sites for hydroxylation is 1. The van der Waals surface area contributed by atoms with Gasteiger partial charge in [0.2, 0.25) is 0 Å². The molecular weight excluding hydrogens is 257 g/mol. The number of nitrogens with zero attached hydrogens (tertiary/aromatic N) is 3. The number of halogens is 1. The van der Waals surface area contributed by atoms with Gasteiger partial charge in [0.25, 0.3) is 5.91 Å². The van der Waals surface area contributed by atoms with Gasteiger partial charge in [-0.1, -0.05) is 12.1 Å². The van der Waals surface area contributed by atoms with Crippen molar-refractivity contribution in [2.45, 2.75) is 6.92 Å². The van der Waals surface area contributed by atoms with Crippen LogP contribution in [0.15, 0.2) is 42.2 Å². The van der Waals surface area contributed by atoms with Crippen LogP contribution in [0.2, 0.25) is 0 Å². The third kappa shape index (κ3) is 3.12. The lowest BCUT2D eigenvalue weighted by molar-refractivity contribution is -0.114. The second-order valence-corrected chi connectivity index (χ2v) is 4.62. The molecule has 0 saturated carbocycles. The SMILES string of the molecule is C/C(=C\c1ccc(F)cc1)C(=O)N(C)c1cnn(C)c1. The smallest absolute Gasteiger partial charge is 0.253 e. The van der Waals surface area contributed by atoms with E-state index in [9.17, 15) is 9.18 Å². The van der Waals surface area contributed by atoms with Crippen LogP contribution in [0.4, 0.5) is 10.1 Å². The number of rotatable bonds is 3. The molecular formula is C15H16FN3O. The summed E-state index contributed by atoms with van der Waals surface area (Å²) in [7, 11) is 3.49. The number of amides is 1. The van der Waals surface area contributed by atoms with E-state index in [0.29, 0.717) is 5.57 Å². The minimum Gasteiger partial charge on any atom is -0.309 e. The number of carbonyl (C=O) groups excluding carboxylic acids is 1. The normalized spacial score (nSPS) is 11.5. The van der Waals surface area contributed by atoms with Gasteiger partial charge in [-0.05, 0) is 30.7 Å². The summed E-state index contributed by atoms with van der Waals surface area (Å²) in [4.78, 5) is 13.8. The first-order valence-electron chi connectivity index (χ1n) is 6.18. The second-order valence-electron chi connectivity index (χ2n) is 4.62. The van der Waals surface area contributed by atoms with E-state index in [2.05, 4.69) is 5.10 Å². The van der Waals surface area contributed by atoms with E-state index < -0.39 is 0 Å². The fraction of sp³-hybridized carbons (Fsp3) is 0.200. The average Bonchev–Trinajstić information content (AvgIpc) is 2.86. The van der Waals surface area contributed by atoms with Crippen molar-refractivity contribution in [2.24, 2.45) is 7.05 Å². The van der Waals surface area contributed by atoms with E-state index in [1.165, 1.54) is 17.0 Å². The molecule has 2 aromatic rings. The molecule has 2 rings (SSSR count). The Bertz CT molecular complexity index is 643. The van der Waals surface area contributed by atoms with Gasteiger partial charge in [0.1, 0.15) is 5.82 Å². The van der Waals surface area contributed by atoms with E-state index in [0.717, 1.165) is 11.3 Å². The highest BCUT2D eigenvalue weighted by Crippen LogP contribution is 2.15. The van der Waals surface area contributed by atoms with Crippen LogP contribution >= 0.6 is 0 Å². The first-order chi connectivity index (χ1) is 9.47. The van der Waals surface area contributed by atoms with E-state index in [1.54, 1.807) is 56.3 Å². The molecule has 104 valence electrons. The molecule has 0 radical (unpaired) electrons. The van der Waals surface area contributed by atoms with Crippen molar-refractivity contribution < 1.29 is 9.18 Å². The summed E-state index contributed by atoms with van der Waals surface area (Å²) in [5, 5.41) is 4.03. The van der Waals surface area contributed by atoms with Crippen molar-refractivity contribution in [1.82, 2.24) is 9.78 Å². The molecule has 5 heteroatoms. The van der Waals surface area contributed by atoms with Gasteiger partial charge in [0.15, 0.2) is 0 Å². The third-order valence-corrected chi connectivity index (χ3v) is 2.97. The minimum atomic E-state index is -0.293. The molecule has 0 aliphatic heterocycles. The van der Waals surface area contributed by atoms with Gasteiger partial charge in [0.05, 0.1) is 11.9 Å². The predicted octanol–water partition coefficient (Wildman–Crippen LogP) is 2.63. The zero-order valence-corrected chi connectivity index (χ0v) is 11.7. The molecule has 1 aromatic carbocycles. The molecule has 4 nitrogen and oxygen atoms in total. The monoisotopic (exact) mass is 273 g/mol. The maximum Gasteiger partial charge on any atom is 0.253 e.